The molecule has 0 aliphatic heterocycles. The number of nitrogens with zero attached hydrogens (tertiary/aromatic N) is 1. The van der Waals surface area contributed by atoms with Crippen LogP contribution in [-0.4, -0.2) is 83.3 Å². The first kappa shape index (κ1) is 29.5. The van der Waals surface area contributed by atoms with Crippen molar-refractivity contribution >= 4 is 34.4 Å². The van der Waals surface area contributed by atoms with Crippen LogP contribution in [0.2, 0.25) is 0 Å². The zero-order valence-electron chi connectivity index (χ0n) is 20.1. The van der Waals surface area contributed by atoms with Gasteiger partial charge in [0.05, 0.1) is 29.9 Å². The van der Waals surface area contributed by atoms with Crippen LogP contribution in [0.3, 0.4) is 0 Å². The maximum absolute atomic E-state index is 13.6. The third-order valence-electron chi connectivity index (χ3n) is 6.43. The summed E-state index contributed by atoms with van der Waals surface area (Å²) >= 11 is 1.93. The Kier molecular flexibility index (Phi) is 10.1. The number of methoxy groups -OCH3 is 1. The quantitative estimate of drug-likeness (QED) is 0.287. The normalized spacial score (nSPS) is 22.1. The lowest BCUT2D eigenvalue weighted by Gasteiger charge is -2.43. The summed E-state index contributed by atoms with van der Waals surface area (Å²) < 4.78 is 52.5. The largest absolute Gasteiger partial charge is 0.493 e. The molecule has 1 fully saturated rings. The molecule has 9 nitrogen and oxygen atoms in total. The number of hydrogen-bond acceptors (Lipinski definition) is 7. The molecule has 206 valence electrons. The molecule has 3 rings (SSSR count). The fourth-order valence-corrected chi connectivity index (χ4v) is 5.13. The van der Waals surface area contributed by atoms with Crippen molar-refractivity contribution in [1.29, 1.82) is 0 Å². The lowest BCUT2D eigenvalue weighted by atomic mass is 9.82. The van der Waals surface area contributed by atoms with Gasteiger partial charge in [0.2, 0.25) is 11.8 Å². The summed E-state index contributed by atoms with van der Waals surface area (Å²) in [7, 11) is 1.37. The van der Waals surface area contributed by atoms with E-state index in [1.807, 2.05) is 22.6 Å². The minimum atomic E-state index is -4.73. The molecule has 2 amide bonds. The van der Waals surface area contributed by atoms with Crippen molar-refractivity contribution < 1.29 is 47.6 Å². The molecule has 1 saturated carbocycles. The second-order valence-corrected chi connectivity index (χ2v) is 10.2. The number of carbonyl (C=O) groups is 2. The Morgan fingerprint density at radius 3 is 2.49 bits per heavy atom. The van der Waals surface area contributed by atoms with Gasteiger partial charge in [-0.2, -0.15) is 13.2 Å². The highest BCUT2D eigenvalue weighted by atomic mass is 127. The molecule has 0 aromatic heterocycles. The van der Waals surface area contributed by atoms with Gasteiger partial charge in [0.15, 0.2) is 11.5 Å². The molecular formula is C24H30F3IN2O7. The van der Waals surface area contributed by atoms with Crippen LogP contribution >= 0.6 is 22.6 Å². The van der Waals surface area contributed by atoms with Gasteiger partial charge >= 0.3 is 6.18 Å². The van der Waals surface area contributed by atoms with Crippen molar-refractivity contribution in [3.63, 3.8) is 0 Å². The van der Waals surface area contributed by atoms with Crippen LogP contribution in [0.1, 0.15) is 31.2 Å². The van der Waals surface area contributed by atoms with Gasteiger partial charge in [-0.3, -0.25) is 9.59 Å². The Hall–Kier alpha value is -2.10. The molecule has 0 bridgehead atoms. The Labute approximate surface area is 225 Å². The highest BCUT2D eigenvalue weighted by Gasteiger charge is 2.46. The first-order valence-corrected chi connectivity index (χ1v) is 12.9. The van der Waals surface area contributed by atoms with Crippen LogP contribution in [0.15, 0.2) is 23.8 Å². The molecule has 0 radical (unpaired) electrons. The number of hydrogen-bond donors (Lipinski definition) is 4. The Morgan fingerprint density at radius 1 is 1.24 bits per heavy atom. The number of aliphatic hydroxyl groups is 3. The standard InChI is InChI=1S/C24H30F3IN2O7/c1-36-19-8-13(11-32)7-16(28)21(19)37-18-10-15(22(34)29-5-6-31)9-17(20(18)33)30(12-24(25,26)27)23(35)14-3-2-4-14/h7-8,10,14,17-18,20,31-33H,2-6,9,11-12H2,1H3,(H,29,34). The molecule has 0 heterocycles. The smallest absolute Gasteiger partial charge is 0.406 e. The van der Waals surface area contributed by atoms with Gasteiger partial charge in [-0.1, -0.05) is 6.42 Å². The van der Waals surface area contributed by atoms with Gasteiger partial charge in [0.25, 0.3) is 0 Å². The topological polar surface area (TPSA) is 129 Å². The Balaban J connectivity index is 2.01. The van der Waals surface area contributed by atoms with Crippen molar-refractivity contribution in [1.82, 2.24) is 10.2 Å². The van der Waals surface area contributed by atoms with E-state index in [0.717, 1.165) is 6.42 Å². The molecule has 2 aliphatic carbocycles. The first-order chi connectivity index (χ1) is 17.5. The summed E-state index contributed by atoms with van der Waals surface area (Å²) in [5, 5.41) is 32.2. The summed E-state index contributed by atoms with van der Waals surface area (Å²) in [6.07, 6.45) is -5.00. The van der Waals surface area contributed by atoms with Gasteiger partial charge in [-0.05, 0) is 59.2 Å². The molecule has 4 N–H and O–H groups in total. The van der Waals surface area contributed by atoms with Crippen molar-refractivity contribution in [2.75, 3.05) is 26.8 Å². The predicted molar refractivity (Wildman–Crippen MR) is 134 cm³/mol. The molecule has 1 aromatic rings. The van der Waals surface area contributed by atoms with Crippen LogP contribution in [0, 0.1) is 9.49 Å². The summed E-state index contributed by atoms with van der Waals surface area (Å²) in [6.45, 7) is -2.28. The van der Waals surface area contributed by atoms with Crippen LogP contribution in [-0.2, 0) is 16.2 Å². The van der Waals surface area contributed by atoms with E-state index in [1.165, 1.54) is 19.3 Å². The number of rotatable bonds is 10. The molecule has 37 heavy (non-hydrogen) atoms. The van der Waals surface area contributed by atoms with E-state index < -0.39 is 48.7 Å². The number of halogens is 4. The minimum Gasteiger partial charge on any atom is -0.493 e. The highest BCUT2D eigenvalue weighted by Crippen LogP contribution is 2.38. The second-order valence-electron chi connectivity index (χ2n) is 8.99. The van der Waals surface area contributed by atoms with E-state index in [1.54, 1.807) is 6.07 Å². The SMILES string of the molecule is COc1cc(CO)cc(I)c1OC1C=C(C(=O)NCCO)CC(N(CC(F)(F)F)C(=O)C2CCC2)C1O. The van der Waals surface area contributed by atoms with Crippen LogP contribution in [0.4, 0.5) is 13.2 Å². The average Bonchev–Trinajstić information content (AvgIpc) is 2.81. The van der Waals surface area contributed by atoms with E-state index in [-0.39, 0.29) is 43.3 Å². The Bertz CT molecular complexity index is 1020. The average molecular weight is 642 g/mol. The van der Waals surface area contributed by atoms with Crippen molar-refractivity contribution in [2.24, 2.45) is 5.92 Å². The second kappa shape index (κ2) is 12.6. The van der Waals surface area contributed by atoms with Gasteiger partial charge < -0.3 is 35.0 Å². The fourth-order valence-electron chi connectivity index (χ4n) is 4.34. The summed E-state index contributed by atoms with van der Waals surface area (Å²) in [5.74, 6) is -1.58. The first-order valence-electron chi connectivity index (χ1n) is 11.8. The van der Waals surface area contributed by atoms with Crippen molar-refractivity contribution in [2.45, 2.75) is 56.7 Å². The van der Waals surface area contributed by atoms with E-state index in [2.05, 4.69) is 5.32 Å². The maximum Gasteiger partial charge on any atom is 0.406 e. The van der Waals surface area contributed by atoms with E-state index >= 15 is 0 Å². The lowest BCUT2D eigenvalue weighted by Crippen LogP contribution is -2.58. The van der Waals surface area contributed by atoms with Gasteiger partial charge in [-0.25, -0.2) is 0 Å². The van der Waals surface area contributed by atoms with Gasteiger partial charge in [0.1, 0.15) is 18.8 Å². The summed E-state index contributed by atoms with van der Waals surface area (Å²) in [6, 6.07) is 1.73. The van der Waals surface area contributed by atoms with Gasteiger partial charge in [-0.15, -0.1) is 0 Å². The fraction of sp³-hybridized carbons (Fsp3) is 0.583. The molecule has 3 unspecified atom stereocenters. The monoisotopic (exact) mass is 642 g/mol. The minimum absolute atomic E-state index is 0.0169. The molecule has 1 aromatic carbocycles. The number of nitrogens with one attached hydrogen (secondary N) is 1. The van der Waals surface area contributed by atoms with E-state index in [0.29, 0.717) is 26.9 Å². The number of benzene rings is 1. The zero-order chi connectivity index (χ0) is 27.3. The molecule has 3 atom stereocenters. The summed E-state index contributed by atoms with van der Waals surface area (Å²) in [5.41, 5.74) is 0.543. The lowest BCUT2D eigenvalue weighted by molar-refractivity contribution is -0.176. The van der Waals surface area contributed by atoms with Gasteiger partial charge in [0, 0.05) is 24.5 Å². The van der Waals surface area contributed by atoms with Crippen molar-refractivity contribution in [3.05, 3.63) is 32.9 Å². The van der Waals surface area contributed by atoms with E-state index in [9.17, 15) is 33.0 Å². The number of carbonyl (C=O) groups excluding carboxylic acids is 2. The number of ether oxygens (including phenoxy) is 2. The number of amides is 2. The number of aliphatic hydroxyl groups excluding tert-OH is 3. The molecule has 0 saturated heterocycles. The number of alkyl halides is 3. The third-order valence-corrected chi connectivity index (χ3v) is 7.23. The molecular weight excluding hydrogens is 612 g/mol. The highest BCUT2D eigenvalue weighted by molar-refractivity contribution is 14.1. The van der Waals surface area contributed by atoms with E-state index in [4.69, 9.17) is 14.6 Å². The molecule has 2 aliphatic rings. The van der Waals surface area contributed by atoms with Crippen molar-refractivity contribution in [3.8, 4) is 11.5 Å². The predicted octanol–water partition coefficient (Wildman–Crippen LogP) is 1.90. The third kappa shape index (κ3) is 7.27. The zero-order valence-corrected chi connectivity index (χ0v) is 22.3. The summed E-state index contributed by atoms with van der Waals surface area (Å²) in [4.78, 5) is 26.4. The van der Waals surface area contributed by atoms with Crippen LogP contribution in [0.25, 0.3) is 0 Å². The Morgan fingerprint density at radius 2 is 1.95 bits per heavy atom. The maximum atomic E-state index is 13.6. The molecule has 0 spiro atoms. The van der Waals surface area contributed by atoms with Crippen LogP contribution < -0.4 is 14.8 Å². The van der Waals surface area contributed by atoms with Crippen LogP contribution in [0.5, 0.6) is 11.5 Å². The molecule has 13 heteroatoms.